The molecule has 3 N–H and O–H groups in total. The van der Waals surface area contributed by atoms with Gasteiger partial charge in [0.1, 0.15) is 17.6 Å². The van der Waals surface area contributed by atoms with Crippen molar-refractivity contribution in [2.45, 2.75) is 32.6 Å². The summed E-state index contributed by atoms with van der Waals surface area (Å²) < 4.78 is 5.09. The highest BCUT2D eigenvalue weighted by molar-refractivity contribution is 5.79. The number of imidazole rings is 1. The summed E-state index contributed by atoms with van der Waals surface area (Å²) in [4.78, 5) is 23.5. The largest absolute Gasteiger partial charge is 0.465 e. The van der Waals surface area contributed by atoms with Crippen LogP contribution in [0.2, 0.25) is 0 Å². The number of nitrogens with one attached hydrogen (secondary N) is 1. The first-order valence-corrected chi connectivity index (χ1v) is 6.44. The molecule has 0 spiro atoms. The van der Waals surface area contributed by atoms with E-state index in [0.29, 0.717) is 30.3 Å². The quantitative estimate of drug-likeness (QED) is 0.803. The first kappa shape index (κ1) is 13.3. The van der Waals surface area contributed by atoms with E-state index in [0.717, 1.165) is 11.9 Å². The van der Waals surface area contributed by atoms with E-state index < -0.39 is 0 Å². The van der Waals surface area contributed by atoms with Gasteiger partial charge in [0.05, 0.1) is 12.1 Å². The molecular weight excluding hydrogens is 244 g/mol. The average molecular weight is 262 g/mol. The molecule has 2 aromatic heterocycles. The highest BCUT2D eigenvalue weighted by Gasteiger charge is 2.24. The second kappa shape index (κ2) is 5.69. The normalized spacial score (nSPS) is 12.5. The lowest BCUT2D eigenvalue weighted by molar-refractivity contribution is -0.145. The van der Waals surface area contributed by atoms with Crippen LogP contribution in [0.1, 0.15) is 38.4 Å². The first-order valence-electron chi connectivity index (χ1n) is 6.44. The number of hydrogen-bond donors (Lipinski definition) is 2. The van der Waals surface area contributed by atoms with E-state index in [4.69, 9.17) is 10.5 Å². The Labute approximate surface area is 111 Å². The molecule has 1 unspecified atom stereocenters. The Morgan fingerprint density at radius 2 is 2.21 bits per heavy atom. The van der Waals surface area contributed by atoms with Crippen LogP contribution in [0, 0.1) is 0 Å². The van der Waals surface area contributed by atoms with Gasteiger partial charge in [-0.25, -0.2) is 9.97 Å². The zero-order valence-corrected chi connectivity index (χ0v) is 11.1. The van der Waals surface area contributed by atoms with Gasteiger partial charge in [-0.2, -0.15) is 0 Å². The van der Waals surface area contributed by atoms with Crippen LogP contribution < -0.4 is 5.73 Å². The lowest BCUT2D eigenvalue weighted by atomic mass is 10.0. The first-order chi connectivity index (χ1) is 9.15. The fourth-order valence-electron chi connectivity index (χ4n) is 1.99. The van der Waals surface area contributed by atoms with Crippen LogP contribution in [0.5, 0.6) is 0 Å². The third-order valence-corrected chi connectivity index (χ3v) is 2.86. The van der Waals surface area contributed by atoms with Crippen LogP contribution in [-0.2, 0) is 9.53 Å². The predicted octanol–water partition coefficient (Wildman–Crippen LogP) is 1.99. The number of ether oxygens (including phenoxy) is 1. The van der Waals surface area contributed by atoms with Gasteiger partial charge in [0.25, 0.3) is 0 Å². The number of fused-ring (bicyclic) bond motifs is 1. The summed E-state index contributed by atoms with van der Waals surface area (Å²) in [5, 5.41) is 0. The topological polar surface area (TPSA) is 93.9 Å². The lowest BCUT2D eigenvalue weighted by Crippen LogP contribution is -2.17. The maximum atomic E-state index is 12.0. The van der Waals surface area contributed by atoms with E-state index in [1.807, 2.05) is 13.0 Å². The van der Waals surface area contributed by atoms with Gasteiger partial charge in [0.15, 0.2) is 5.65 Å². The number of rotatable bonds is 5. The summed E-state index contributed by atoms with van der Waals surface area (Å²) in [5.41, 5.74) is 6.92. The Bertz CT molecular complexity index is 579. The van der Waals surface area contributed by atoms with E-state index in [1.165, 1.54) is 0 Å². The minimum Gasteiger partial charge on any atom is -0.465 e. The van der Waals surface area contributed by atoms with Crippen molar-refractivity contribution in [2.75, 3.05) is 12.3 Å². The molecule has 1 atom stereocenters. The standard InChI is InChI=1S/C13H18N4O2/c1-3-5-8(13(18)19-4-2)11-15-9-6-7-10(14)16-12(9)17-11/h6-8H,3-5H2,1-2H3,(H3,14,15,16,17). The summed E-state index contributed by atoms with van der Waals surface area (Å²) in [6.45, 7) is 4.18. The highest BCUT2D eigenvalue weighted by atomic mass is 16.5. The minimum atomic E-state index is -0.375. The van der Waals surface area contributed by atoms with Crippen molar-refractivity contribution in [1.82, 2.24) is 15.0 Å². The maximum Gasteiger partial charge on any atom is 0.316 e. The molecule has 0 aromatic carbocycles. The van der Waals surface area contributed by atoms with Crippen LogP contribution in [0.4, 0.5) is 5.82 Å². The maximum absolute atomic E-state index is 12.0. The van der Waals surface area contributed by atoms with Crippen LogP contribution in [-0.4, -0.2) is 27.5 Å². The molecule has 0 saturated carbocycles. The summed E-state index contributed by atoms with van der Waals surface area (Å²) in [6, 6.07) is 3.51. The monoisotopic (exact) mass is 262 g/mol. The Hall–Kier alpha value is -2.11. The molecular formula is C13H18N4O2. The van der Waals surface area contributed by atoms with Crippen LogP contribution in [0.25, 0.3) is 11.2 Å². The summed E-state index contributed by atoms with van der Waals surface area (Å²) in [7, 11) is 0. The number of pyridine rings is 1. The predicted molar refractivity (Wildman–Crippen MR) is 72.6 cm³/mol. The molecule has 0 aliphatic heterocycles. The number of aromatic nitrogens is 3. The lowest BCUT2D eigenvalue weighted by Gasteiger charge is -2.11. The molecule has 0 aliphatic rings. The van der Waals surface area contributed by atoms with Gasteiger partial charge in [-0.1, -0.05) is 13.3 Å². The fraction of sp³-hybridized carbons (Fsp3) is 0.462. The van der Waals surface area contributed by atoms with Gasteiger partial charge in [-0.05, 0) is 25.5 Å². The third-order valence-electron chi connectivity index (χ3n) is 2.86. The highest BCUT2D eigenvalue weighted by Crippen LogP contribution is 2.23. The molecule has 0 fully saturated rings. The van der Waals surface area contributed by atoms with Gasteiger partial charge >= 0.3 is 5.97 Å². The van der Waals surface area contributed by atoms with Crippen molar-refractivity contribution in [3.8, 4) is 0 Å². The third kappa shape index (κ3) is 2.83. The van der Waals surface area contributed by atoms with Crippen LogP contribution in [0.3, 0.4) is 0 Å². The molecule has 0 bridgehead atoms. The smallest absolute Gasteiger partial charge is 0.316 e. The van der Waals surface area contributed by atoms with Crippen LogP contribution in [0.15, 0.2) is 12.1 Å². The second-order valence-electron chi connectivity index (χ2n) is 4.32. The Kier molecular flexibility index (Phi) is 3.99. The second-order valence-corrected chi connectivity index (χ2v) is 4.32. The molecule has 6 heteroatoms. The van der Waals surface area contributed by atoms with Crippen molar-refractivity contribution in [3.63, 3.8) is 0 Å². The Balaban J connectivity index is 2.35. The van der Waals surface area contributed by atoms with Crippen molar-refractivity contribution in [3.05, 3.63) is 18.0 Å². The molecule has 6 nitrogen and oxygen atoms in total. The molecule has 102 valence electrons. The van der Waals surface area contributed by atoms with E-state index in [9.17, 15) is 4.79 Å². The molecule has 0 amide bonds. The number of nitrogen functional groups attached to an aromatic ring is 1. The molecule has 0 aliphatic carbocycles. The summed E-state index contributed by atoms with van der Waals surface area (Å²) >= 11 is 0. The number of hydrogen-bond acceptors (Lipinski definition) is 5. The van der Waals surface area contributed by atoms with Crippen molar-refractivity contribution >= 4 is 23.0 Å². The van der Waals surface area contributed by atoms with Crippen LogP contribution >= 0.6 is 0 Å². The zero-order valence-electron chi connectivity index (χ0n) is 11.1. The summed E-state index contributed by atoms with van der Waals surface area (Å²) in [5.74, 6) is 0.374. The average Bonchev–Trinajstić information content (AvgIpc) is 2.78. The molecule has 2 heterocycles. The van der Waals surface area contributed by atoms with Gasteiger partial charge in [0.2, 0.25) is 0 Å². The zero-order chi connectivity index (χ0) is 13.8. The summed E-state index contributed by atoms with van der Waals surface area (Å²) in [6.07, 6.45) is 1.56. The van der Waals surface area contributed by atoms with Crippen molar-refractivity contribution in [1.29, 1.82) is 0 Å². The van der Waals surface area contributed by atoms with Gasteiger partial charge in [-0.15, -0.1) is 0 Å². The fourth-order valence-corrected chi connectivity index (χ4v) is 1.99. The SMILES string of the molecule is CCCC(C(=O)OCC)c1nc2nc(N)ccc2[nH]1. The molecule has 2 rings (SSSR count). The number of H-pyrrole nitrogens is 1. The number of nitrogens with zero attached hydrogens (tertiary/aromatic N) is 2. The van der Waals surface area contributed by atoms with E-state index in [2.05, 4.69) is 15.0 Å². The Morgan fingerprint density at radius 3 is 2.89 bits per heavy atom. The molecule has 19 heavy (non-hydrogen) atoms. The van der Waals surface area contributed by atoms with Gasteiger partial charge < -0.3 is 15.5 Å². The van der Waals surface area contributed by atoms with Crippen molar-refractivity contribution in [2.24, 2.45) is 0 Å². The van der Waals surface area contributed by atoms with Crippen molar-refractivity contribution < 1.29 is 9.53 Å². The molecule has 0 radical (unpaired) electrons. The molecule has 2 aromatic rings. The van der Waals surface area contributed by atoms with E-state index in [1.54, 1.807) is 13.0 Å². The number of esters is 1. The number of anilines is 1. The van der Waals surface area contributed by atoms with Gasteiger partial charge in [0, 0.05) is 0 Å². The minimum absolute atomic E-state index is 0.253. The van der Waals surface area contributed by atoms with E-state index >= 15 is 0 Å². The number of nitrogens with two attached hydrogens (primary N) is 1. The molecule has 0 saturated heterocycles. The van der Waals surface area contributed by atoms with E-state index in [-0.39, 0.29) is 11.9 Å². The number of carbonyl (C=O) groups excluding carboxylic acids is 1. The number of carbonyl (C=O) groups is 1. The Morgan fingerprint density at radius 1 is 1.42 bits per heavy atom. The number of aromatic amines is 1. The van der Waals surface area contributed by atoms with Gasteiger partial charge in [-0.3, -0.25) is 4.79 Å².